The Balaban J connectivity index is 2.06. The lowest BCUT2D eigenvalue weighted by atomic mass is 10.1. The number of para-hydroxylation sites is 1. The molecule has 4 nitrogen and oxygen atoms in total. The summed E-state index contributed by atoms with van der Waals surface area (Å²) in [5.74, 6) is 0.696. The number of carbonyl (C=O) groups is 1. The minimum atomic E-state index is -2.85. The molecule has 1 fully saturated rings. The molecule has 0 radical (unpaired) electrons. The molecular weight excluding hydrogens is 302 g/mol. The summed E-state index contributed by atoms with van der Waals surface area (Å²) in [6, 6.07) is 6.48. The molecule has 6 heteroatoms. The van der Waals surface area contributed by atoms with Crippen LogP contribution >= 0.6 is 0 Å². The average molecular weight is 326 g/mol. The minimum Gasteiger partial charge on any atom is -0.434 e. The SMILES string of the molecule is CC(C)CN1CCN(Cc2ccccc2OC(F)F)C(C)C1=O. The van der Waals surface area contributed by atoms with E-state index in [0.29, 0.717) is 24.6 Å². The third-order valence-corrected chi connectivity index (χ3v) is 4.02. The second-order valence-corrected chi connectivity index (χ2v) is 6.31. The summed E-state index contributed by atoms with van der Waals surface area (Å²) in [7, 11) is 0. The number of ether oxygens (including phenoxy) is 1. The Bertz CT molecular complexity index is 537. The van der Waals surface area contributed by atoms with Crippen LogP contribution in [0.15, 0.2) is 24.3 Å². The lowest BCUT2D eigenvalue weighted by Crippen LogP contribution is -2.56. The van der Waals surface area contributed by atoms with E-state index >= 15 is 0 Å². The molecule has 0 saturated carbocycles. The Labute approximate surface area is 136 Å². The van der Waals surface area contributed by atoms with Crippen molar-refractivity contribution < 1.29 is 18.3 Å². The second-order valence-electron chi connectivity index (χ2n) is 6.31. The lowest BCUT2D eigenvalue weighted by molar-refractivity contribution is -0.142. The third kappa shape index (κ3) is 4.64. The van der Waals surface area contributed by atoms with Gasteiger partial charge in [0.25, 0.3) is 0 Å². The van der Waals surface area contributed by atoms with Gasteiger partial charge in [-0.05, 0) is 18.9 Å². The van der Waals surface area contributed by atoms with Gasteiger partial charge in [0.05, 0.1) is 6.04 Å². The lowest BCUT2D eigenvalue weighted by Gasteiger charge is -2.40. The van der Waals surface area contributed by atoms with Gasteiger partial charge in [0.1, 0.15) is 5.75 Å². The van der Waals surface area contributed by atoms with Crippen molar-refractivity contribution in [3.8, 4) is 5.75 Å². The molecule has 0 spiro atoms. The van der Waals surface area contributed by atoms with Gasteiger partial charge in [-0.1, -0.05) is 32.0 Å². The number of rotatable bonds is 6. The van der Waals surface area contributed by atoms with Crippen molar-refractivity contribution in [3.63, 3.8) is 0 Å². The van der Waals surface area contributed by atoms with Gasteiger partial charge < -0.3 is 9.64 Å². The van der Waals surface area contributed by atoms with Crippen LogP contribution in [0, 0.1) is 5.92 Å². The van der Waals surface area contributed by atoms with Gasteiger partial charge >= 0.3 is 6.61 Å². The fourth-order valence-corrected chi connectivity index (χ4v) is 2.88. The van der Waals surface area contributed by atoms with Crippen LogP contribution in [0.1, 0.15) is 26.3 Å². The number of hydrogen-bond donors (Lipinski definition) is 0. The Hall–Kier alpha value is -1.69. The average Bonchev–Trinajstić information content (AvgIpc) is 2.48. The molecule has 0 aromatic heterocycles. The molecule has 1 saturated heterocycles. The molecule has 2 rings (SSSR count). The van der Waals surface area contributed by atoms with E-state index in [0.717, 1.165) is 13.1 Å². The monoisotopic (exact) mass is 326 g/mol. The third-order valence-electron chi connectivity index (χ3n) is 4.02. The fraction of sp³-hybridized carbons (Fsp3) is 0.588. The van der Waals surface area contributed by atoms with Gasteiger partial charge in [-0.15, -0.1) is 0 Å². The van der Waals surface area contributed by atoms with Gasteiger partial charge in [-0.2, -0.15) is 8.78 Å². The maximum absolute atomic E-state index is 12.5. The Morgan fingerprint density at radius 1 is 1.26 bits per heavy atom. The number of hydrogen-bond acceptors (Lipinski definition) is 3. The summed E-state index contributed by atoms with van der Waals surface area (Å²) in [5, 5.41) is 0. The number of nitrogens with zero attached hydrogens (tertiary/aromatic N) is 2. The molecule has 128 valence electrons. The van der Waals surface area contributed by atoms with Gasteiger partial charge in [0.2, 0.25) is 5.91 Å². The van der Waals surface area contributed by atoms with E-state index in [4.69, 9.17) is 0 Å². The molecule has 1 aliphatic heterocycles. The van der Waals surface area contributed by atoms with Crippen LogP contribution in [-0.4, -0.2) is 48.0 Å². The van der Waals surface area contributed by atoms with E-state index in [2.05, 4.69) is 18.6 Å². The fourth-order valence-electron chi connectivity index (χ4n) is 2.88. The Morgan fingerprint density at radius 3 is 2.61 bits per heavy atom. The molecule has 0 bridgehead atoms. The highest BCUT2D eigenvalue weighted by molar-refractivity contribution is 5.82. The van der Waals surface area contributed by atoms with Crippen LogP contribution in [0.3, 0.4) is 0 Å². The van der Waals surface area contributed by atoms with E-state index in [-0.39, 0.29) is 17.7 Å². The first-order valence-corrected chi connectivity index (χ1v) is 7.94. The largest absolute Gasteiger partial charge is 0.434 e. The standard InChI is InChI=1S/C17H24F2N2O2/c1-12(2)10-21-9-8-20(13(3)16(21)22)11-14-6-4-5-7-15(14)23-17(18)19/h4-7,12-13,17H,8-11H2,1-3H3. The van der Waals surface area contributed by atoms with E-state index < -0.39 is 6.61 Å². The van der Waals surface area contributed by atoms with E-state index in [9.17, 15) is 13.6 Å². The van der Waals surface area contributed by atoms with Crippen LogP contribution < -0.4 is 4.74 Å². The number of carbonyl (C=O) groups excluding carboxylic acids is 1. The van der Waals surface area contributed by atoms with Crippen molar-refractivity contribution in [2.75, 3.05) is 19.6 Å². The molecule has 0 N–H and O–H groups in total. The topological polar surface area (TPSA) is 32.8 Å². The molecule has 23 heavy (non-hydrogen) atoms. The Kier molecular flexibility index (Phi) is 5.93. The Morgan fingerprint density at radius 2 is 1.96 bits per heavy atom. The quantitative estimate of drug-likeness (QED) is 0.806. The molecule has 1 atom stereocenters. The van der Waals surface area contributed by atoms with Crippen molar-refractivity contribution in [2.45, 2.75) is 40.0 Å². The van der Waals surface area contributed by atoms with E-state index in [1.807, 2.05) is 16.7 Å². The van der Waals surface area contributed by atoms with Crippen LogP contribution in [0.25, 0.3) is 0 Å². The maximum atomic E-state index is 12.5. The molecular formula is C17H24F2N2O2. The first kappa shape index (κ1) is 17.7. The summed E-state index contributed by atoms with van der Waals surface area (Å²) in [6.07, 6.45) is 0. The second kappa shape index (κ2) is 7.73. The molecule has 1 unspecified atom stereocenters. The van der Waals surface area contributed by atoms with Crippen LogP contribution in [0.4, 0.5) is 8.78 Å². The highest BCUT2D eigenvalue weighted by atomic mass is 19.3. The molecule has 1 aliphatic rings. The predicted octanol–water partition coefficient (Wildman–Crippen LogP) is 2.98. The number of amides is 1. The highest BCUT2D eigenvalue weighted by Gasteiger charge is 2.31. The normalized spacial score (nSPS) is 19.7. The summed E-state index contributed by atoms with van der Waals surface area (Å²) in [4.78, 5) is 16.3. The van der Waals surface area contributed by atoms with Crippen molar-refractivity contribution in [1.82, 2.24) is 9.80 Å². The van der Waals surface area contributed by atoms with E-state index in [1.165, 1.54) is 6.07 Å². The van der Waals surface area contributed by atoms with Gasteiger partial charge in [-0.3, -0.25) is 9.69 Å². The zero-order valence-electron chi connectivity index (χ0n) is 13.8. The smallest absolute Gasteiger partial charge is 0.387 e. The van der Waals surface area contributed by atoms with Crippen LogP contribution in [-0.2, 0) is 11.3 Å². The zero-order chi connectivity index (χ0) is 17.0. The predicted molar refractivity (Wildman–Crippen MR) is 84.4 cm³/mol. The van der Waals surface area contributed by atoms with Gasteiger partial charge in [-0.25, -0.2) is 0 Å². The number of halogens is 2. The van der Waals surface area contributed by atoms with Crippen LogP contribution in [0.5, 0.6) is 5.75 Å². The summed E-state index contributed by atoms with van der Waals surface area (Å²) < 4.78 is 29.6. The van der Waals surface area contributed by atoms with E-state index in [1.54, 1.807) is 18.2 Å². The first-order valence-electron chi connectivity index (χ1n) is 7.94. The highest BCUT2D eigenvalue weighted by Crippen LogP contribution is 2.24. The minimum absolute atomic E-state index is 0.0946. The van der Waals surface area contributed by atoms with Gasteiger partial charge in [0.15, 0.2) is 0 Å². The zero-order valence-corrected chi connectivity index (χ0v) is 13.8. The van der Waals surface area contributed by atoms with Gasteiger partial charge in [0, 0.05) is 31.7 Å². The summed E-state index contributed by atoms with van der Waals surface area (Å²) in [5.41, 5.74) is 0.671. The van der Waals surface area contributed by atoms with Crippen molar-refractivity contribution >= 4 is 5.91 Å². The molecule has 1 aromatic carbocycles. The molecule has 0 aliphatic carbocycles. The number of piperazine rings is 1. The van der Waals surface area contributed by atoms with Crippen molar-refractivity contribution in [2.24, 2.45) is 5.92 Å². The van der Waals surface area contributed by atoms with Crippen LogP contribution in [0.2, 0.25) is 0 Å². The molecule has 1 heterocycles. The van der Waals surface area contributed by atoms with Crippen molar-refractivity contribution in [1.29, 1.82) is 0 Å². The maximum Gasteiger partial charge on any atom is 0.387 e. The first-order chi connectivity index (χ1) is 10.9. The molecule has 1 amide bonds. The summed E-state index contributed by atoms with van der Waals surface area (Å²) >= 11 is 0. The number of benzene rings is 1. The molecule has 1 aromatic rings. The van der Waals surface area contributed by atoms with Crippen molar-refractivity contribution in [3.05, 3.63) is 29.8 Å². The summed E-state index contributed by atoms with van der Waals surface area (Å²) in [6.45, 7) is 5.75. The number of alkyl halides is 2.